The minimum atomic E-state index is -0.413. The number of hydrogen-bond acceptors (Lipinski definition) is 3. The molecule has 1 fully saturated rings. The Morgan fingerprint density at radius 2 is 2.17 bits per heavy atom. The number of halogens is 1. The Morgan fingerprint density at radius 3 is 2.67 bits per heavy atom. The third-order valence-corrected chi connectivity index (χ3v) is 4.32. The lowest BCUT2D eigenvalue weighted by atomic mass is 10.1. The first kappa shape index (κ1) is 13.8. The Hall–Kier alpha value is -0.580. The molecule has 2 atom stereocenters. The van der Waals surface area contributed by atoms with Crippen LogP contribution in [0.4, 0.5) is 5.69 Å². The standard InChI is InChI=1S/C14H21BrN2O/c1-10(18)11-4-5-14(13(15)8-11)17-7-6-12(9-17)16(2)3/h4-5,8,10,12,18H,6-7,9H2,1-3H3. The van der Waals surface area contributed by atoms with Crippen LogP contribution in [0.3, 0.4) is 0 Å². The summed E-state index contributed by atoms with van der Waals surface area (Å²) in [7, 11) is 4.28. The summed E-state index contributed by atoms with van der Waals surface area (Å²) in [4.78, 5) is 4.69. The highest BCUT2D eigenvalue weighted by molar-refractivity contribution is 9.10. The second-order valence-corrected chi connectivity index (χ2v) is 6.09. The number of aliphatic hydroxyl groups is 1. The summed E-state index contributed by atoms with van der Waals surface area (Å²) < 4.78 is 1.07. The van der Waals surface area contributed by atoms with Crippen molar-refractivity contribution in [2.75, 3.05) is 32.1 Å². The molecule has 0 bridgehead atoms. The number of rotatable bonds is 3. The zero-order valence-electron chi connectivity index (χ0n) is 11.2. The highest BCUT2D eigenvalue weighted by atomic mass is 79.9. The molecule has 100 valence electrons. The molecule has 1 aliphatic rings. The van der Waals surface area contributed by atoms with Gasteiger partial charge < -0.3 is 14.9 Å². The summed E-state index contributed by atoms with van der Waals surface area (Å²) >= 11 is 3.62. The van der Waals surface area contributed by atoms with E-state index in [0.29, 0.717) is 6.04 Å². The van der Waals surface area contributed by atoms with Crippen LogP contribution in [0.2, 0.25) is 0 Å². The average molecular weight is 313 g/mol. The van der Waals surface area contributed by atoms with Crippen LogP contribution < -0.4 is 4.90 Å². The van der Waals surface area contributed by atoms with E-state index in [1.807, 2.05) is 12.1 Å². The van der Waals surface area contributed by atoms with Gasteiger partial charge in [0.25, 0.3) is 0 Å². The van der Waals surface area contributed by atoms with Crippen LogP contribution in [0, 0.1) is 0 Å². The van der Waals surface area contributed by atoms with E-state index in [-0.39, 0.29) is 0 Å². The van der Waals surface area contributed by atoms with Gasteiger partial charge in [-0.15, -0.1) is 0 Å². The highest BCUT2D eigenvalue weighted by Gasteiger charge is 2.25. The summed E-state index contributed by atoms with van der Waals surface area (Å²) in [6, 6.07) is 6.76. The summed E-state index contributed by atoms with van der Waals surface area (Å²) in [5, 5.41) is 9.58. The molecule has 18 heavy (non-hydrogen) atoms. The van der Waals surface area contributed by atoms with Crippen molar-refractivity contribution < 1.29 is 5.11 Å². The van der Waals surface area contributed by atoms with Crippen LogP contribution in [0.25, 0.3) is 0 Å². The lowest BCUT2D eigenvalue weighted by Crippen LogP contribution is -2.31. The first-order chi connectivity index (χ1) is 8.49. The van der Waals surface area contributed by atoms with Crippen LogP contribution in [0.1, 0.15) is 25.0 Å². The Labute approximate surface area is 118 Å². The minimum absolute atomic E-state index is 0.413. The zero-order valence-corrected chi connectivity index (χ0v) is 12.8. The van der Waals surface area contributed by atoms with Gasteiger partial charge in [0.1, 0.15) is 0 Å². The molecule has 0 aliphatic carbocycles. The third kappa shape index (κ3) is 2.87. The summed E-state index contributed by atoms with van der Waals surface area (Å²) in [6.45, 7) is 3.95. The van der Waals surface area contributed by atoms with Crippen molar-refractivity contribution in [1.82, 2.24) is 4.90 Å². The van der Waals surface area contributed by atoms with E-state index in [4.69, 9.17) is 0 Å². The van der Waals surface area contributed by atoms with E-state index in [1.165, 1.54) is 12.1 Å². The SMILES string of the molecule is CC(O)c1ccc(N2CCC(N(C)C)C2)c(Br)c1. The van der Waals surface area contributed by atoms with E-state index in [2.05, 4.69) is 45.9 Å². The van der Waals surface area contributed by atoms with Gasteiger partial charge >= 0.3 is 0 Å². The molecule has 0 saturated carbocycles. The maximum Gasteiger partial charge on any atom is 0.0762 e. The summed E-state index contributed by atoms with van der Waals surface area (Å²) in [6.07, 6.45) is 0.792. The van der Waals surface area contributed by atoms with Crippen molar-refractivity contribution in [3.05, 3.63) is 28.2 Å². The zero-order chi connectivity index (χ0) is 13.3. The molecule has 1 saturated heterocycles. The van der Waals surface area contributed by atoms with Crippen molar-refractivity contribution in [2.24, 2.45) is 0 Å². The van der Waals surface area contributed by atoms with Crippen LogP contribution in [0.5, 0.6) is 0 Å². The number of benzene rings is 1. The van der Waals surface area contributed by atoms with Gasteiger partial charge in [-0.1, -0.05) is 6.07 Å². The maximum atomic E-state index is 9.58. The summed E-state index contributed by atoms with van der Waals surface area (Å²) in [5.41, 5.74) is 2.18. The average Bonchev–Trinajstić information content (AvgIpc) is 2.78. The predicted octanol–water partition coefficient (Wildman–Crippen LogP) is 2.64. The quantitative estimate of drug-likeness (QED) is 0.929. The van der Waals surface area contributed by atoms with Crippen LogP contribution in [-0.4, -0.2) is 43.2 Å². The van der Waals surface area contributed by atoms with Crippen LogP contribution >= 0.6 is 15.9 Å². The molecule has 2 rings (SSSR count). The normalized spacial score (nSPS) is 21.7. The molecule has 1 aromatic carbocycles. The Bertz CT molecular complexity index is 420. The number of anilines is 1. The second-order valence-electron chi connectivity index (χ2n) is 5.24. The van der Waals surface area contributed by atoms with Gasteiger partial charge in [0.05, 0.1) is 11.8 Å². The fraction of sp³-hybridized carbons (Fsp3) is 0.571. The topological polar surface area (TPSA) is 26.7 Å². The van der Waals surface area contributed by atoms with E-state index in [0.717, 1.165) is 23.1 Å². The molecule has 1 N–H and O–H groups in total. The molecule has 0 radical (unpaired) electrons. The number of hydrogen-bond donors (Lipinski definition) is 1. The van der Waals surface area contributed by atoms with E-state index >= 15 is 0 Å². The monoisotopic (exact) mass is 312 g/mol. The Kier molecular flexibility index (Phi) is 4.30. The van der Waals surface area contributed by atoms with Gasteiger partial charge in [-0.3, -0.25) is 0 Å². The molecule has 0 amide bonds. The van der Waals surface area contributed by atoms with Gasteiger partial charge in [0, 0.05) is 23.6 Å². The molecule has 0 aromatic heterocycles. The lowest BCUT2D eigenvalue weighted by molar-refractivity contribution is 0.199. The molecule has 0 spiro atoms. The smallest absolute Gasteiger partial charge is 0.0762 e. The van der Waals surface area contributed by atoms with Gasteiger partial charge in [-0.2, -0.15) is 0 Å². The van der Waals surface area contributed by atoms with E-state index in [1.54, 1.807) is 6.92 Å². The molecule has 4 heteroatoms. The van der Waals surface area contributed by atoms with Crippen molar-refractivity contribution in [2.45, 2.75) is 25.5 Å². The molecule has 3 nitrogen and oxygen atoms in total. The lowest BCUT2D eigenvalue weighted by Gasteiger charge is -2.23. The van der Waals surface area contributed by atoms with Crippen molar-refractivity contribution in [3.63, 3.8) is 0 Å². The number of nitrogens with zero attached hydrogens (tertiary/aromatic N) is 2. The highest BCUT2D eigenvalue weighted by Crippen LogP contribution is 2.32. The fourth-order valence-electron chi connectivity index (χ4n) is 2.42. The van der Waals surface area contributed by atoms with Gasteiger partial charge in [0.2, 0.25) is 0 Å². The third-order valence-electron chi connectivity index (χ3n) is 3.69. The predicted molar refractivity (Wildman–Crippen MR) is 79.1 cm³/mol. The number of likely N-dealkylation sites (N-methyl/N-ethyl adjacent to an activating group) is 1. The first-order valence-corrected chi connectivity index (χ1v) is 7.17. The molecule has 1 aromatic rings. The number of aliphatic hydroxyl groups excluding tert-OH is 1. The van der Waals surface area contributed by atoms with Crippen molar-refractivity contribution >= 4 is 21.6 Å². The fourth-order valence-corrected chi connectivity index (χ4v) is 3.07. The largest absolute Gasteiger partial charge is 0.389 e. The van der Waals surface area contributed by atoms with Gasteiger partial charge in [0.15, 0.2) is 0 Å². The molecule has 1 heterocycles. The van der Waals surface area contributed by atoms with Gasteiger partial charge in [-0.25, -0.2) is 0 Å². The molecule has 1 aliphatic heterocycles. The van der Waals surface area contributed by atoms with E-state index < -0.39 is 6.10 Å². The van der Waals surface area contributed by atoms with Crippen molar-refractivity contribution in [3.8, 4) is 0 Å². The van der Waals surface area contributed by atoms with Crippen LogP contribution in [-0.2, 0) is 0 Å². The van der Waals surface area contributed by atoms with Crippen molar-refractivity contribution in [1.29, 1.82) is 0 Å². The molecular weight excluding hydrogens is 292 g/mol. The van der Waals surface area contributed by atoms with Crippen LogP contribution in [0.15, 0.2) is 22.7 Å². The van der Waals surface area contributed by atoms with Gasteiger partial charge in [-0.05, 0) is 61.1 Å². The van der Waals surface area contributed by atoms with E-state index in [9.17, 15) is 5.11 Å². The minimum Gasteiger partial charge on any atom is -0.389 e. The molecular formula is C14H21BrN2O. The Balaban J connectivity index is 2.15. The first-order valence-electron chi connectivity index (χ1n) is 6.38. The summed E-state index contributed by atoms with van der Waals surface area (Å²) in [5.74, 6) is 0. The Morgan fingerprint density at radius 1 is 1.44 bits per heavy atom. The molecule has 2 unspecified atom stereocenters. The second kappa shape index (κ2) is 5.59. The maximum absolute atomic E-state index is 9.58.